The van der Waals surface area contributed by atoms with E-state index >= 15 is 0 Å². The zero-order valence-corrected chi connectivity index (χ0v) is 10.4. The van der Waals surface area contributed by atoms with E-state index in [-0.39, 0.29) is 10.8 Å². The van der Waals surface area contributed by atoms with Gasteiger partial charge in [-0.1, -0.05) is 6.07 Å². The maximum atomic E-state index is 13.3. The van der Waals surface area contributed by atoms with Crippen molar-refractivity contribution in [2.24, 2.45) is 0 Å². The van der Waals surface area contributed by atoms with Gasteiger partial charge in [0.25, 0.3) is 0 Å². The molecule has 0 atom stereocenters. The van der Waals surface area contributed by atoms with Gasteiger partial charge in [-0.2, -0.15) is 0 Å². The van der Waals surface area contributed by atoms with Crippen molar-refractivity contribution in [3.8, 4) is 0 Å². The van der Waals surface area contributed by atoms with E-state index in [4.69, 9.17) is 5.11 Å². The van der Waals surface area contributed by atoms with Crippen LogP contribution in [0.2, 0.25) is 0 Å². The molecular formula is C12H11FN2O2S. The van der Waals surface area contributed by atoms with Crippen molar-refractivity contribution in [3.05, 3.63) is 45.7 Å². The minimum Gasteiger partial charge on any atom is -0.476 e. The molecule has 0 aliphatic rings. The van der Waals surface area contributed by atoms with Gasteiger partial charge in [0.1, 0.15) is 5.82 Å². The Morgan fingerprint density at radius 2 is 2.33 bits per heavy atom. The Labute approximate surface area is 107 Å². The van der Waals surface area contributed by atoms with E-state index in [2.05, 4.69) is 10.3 Å². The van der Waals surface area contributed by atoms with Gasteiger partial charge in [-0.05, 0) is 19.1 Å². The summed E-state index contributed by atoms with van der Waals surface area (Å²) in [5.74, 6) is -1.31. The lowest BCUT2D eigenvalue weighted by Crippen LogP contribution is -2.03. The van der Waals surface area contributed by atoms with Gasteiger partial charge < -0.3 is 10.4 Å². The number of halogens is 1. The summed E-state index contributed by atoms with van der Waals surface area (Å²) < 4.78 is 13.3. The number of carboxylic acid groups (broad SMARTS) is 1. The first-order valence-electron chi connectivity index (χ1n) is 5.24. The summed E-state index contributed by atoms with van der Waals surface area (Å²) in [5, 5.41) is 13.5. The van der Waals surface area contributed by atoms with Crippen molar-refractivity contribution in [2.75, 3.05) is 5.32 Å². The minimum absolute atomic E-state index is 0.0581. The highest BCUT2D eigenvalue weighted by Crippen LogP contribution is 2.18. The van der Waals surface area contributed by atoms with Crippen LogP contribution in [0.25, 0.3) is 0 Å². The van der Waals surface area contributed by atoms with E-state index in [0.717, 1.165) is 11.3 Å². The summed E-state index contributed by atoms with van der Waals surface area (Å²) >= 11 is 1.08. The number of hydrogen-bond acceptors (Lipinski definition) is 4. The van der Waals surface area contributed by atoms with Gasteiger partial charge in [0.2, 0.25) is 5.01 Å². The van der Waals surface area contributed by atoms with E-state index < -0.39 is 5.97 Å². The Kier molecular flexibility index (Phi) is 3.57. The Morgan fingerprint density at radius 3 is 3.00 bits per heavy atom. The summed E-state index contributed by atoms with van der Waals surface area (Å²) in [7, 11) is 0. The second-order valence-corrected chi connectivity index (χ2v) is 4.57. The molecule has 0 bridgehead atoms. The highest BCUT2D eigenvalue weighted by Gasteiger charge is 2.09. The first-order valence-corrected chi connectivity index (χ1v) is 6.12. The van der Waals surface area contributed by atoms with Gasteiger partial charge in [-0.25, -0.2) is 14.2 Å². The summed E-state index contributed by atoms with van der Waals surface area (Å²) in [6.45, 7) is 2.05. The molecule has 1 aromatic carbocycles. The predicted octanol–water partition coefficient (Wildman–Crippen LogP) is 2.90. The zero-order chi connectivity index (χ0) is 13.1. The number of thiazole rings is 1. The predicted molar refractivity (Wildman–Crippen MR) is 67.5 cm³/mol. The molecule has 0 amide bonds. The van der Waals surface area contributed by atoms with Crippen molar-refractivity contribution >= 4 is 23.0 Å². The van der Waals surface area contributed by atoms with Crippen molar-refractivity contribution < 1.29 is 14.3 Å². The molecule has 0 fully saturated rings. The molecular weight excluding hydrogens is 255 g/mol. The number of benzene rings is 1. The first-order chi connectivity index (χ1) is 8.58. The van der Waals surface area contributed by atoms with Crippen molar-refractivity contribution in [1.82, 2.24) is 4.98 Å². The van der Waals surface area contributed by atoms with E-state index in [1.165, 1.54) is 6.07 Å². The van der Waals surface area contributed by atoms with Gasteiger partial charge >= 0.3 is 5.97 Å². The van der Waals surface area contributed by atoms with Crippen molar-refractivity contribution in [1.29, 1.82) is 0 Å². The minimum atomic E-state index is -1.03. The highest BCUT2D eigenvalue weighted by molar-refractivity contribution is 7.11. The molecule has 18 heavy (non-hydrogen) atoms. The van der Waals surface area contributed by atoms with E-state index in [1.54, 1.807) is 24.4 Å². The maximum absolute atomic E-state index is 13.3. The van der Waals surface area contributed by atoms with Crippen LogP contribution in [0.1, 0.15) is 21.1 Å². The van der Waals surface area contributed by atoms with Crippen LogP contribution in [0.4, 0.5) is 10.1 Å². The smallest absolute Gasteiger partial charge is 0.365 e. The zero-order valence-electron chi connectivity index (χ0n) is 9.61. The number of anilines is 1. The summed E-state index contributed by atoms with van der Waals surface area (Å²) in [5.41, 5.74) is 1.84. The molecule has 0 unspecified atom stereocenters. The third-order valence-corrected chi connectivity index (χ3v) is 3.34. The van der Waals surface area contributed by atoms with Crippen molar-refractivity contribution in [2.45, 2.75) is 13.5 Å². The second-order valence-electron chi connectivity index (χ2n) is 3.72. The number of rotatable bonds is 4. The third-order valence-electron chi connectivity index (χ3n) is 2.46. The van der Waals surface area contributed by atoms with Crippen LogP contribution in [-0.2, 0) is 6.54 Å². The molecule has 0 radical (unpaired) electrons. The highest BCUT2D eigenvalue weighted by atomic mass is 32.1. The monoisotopic (exact) mass is 266 g/mol. The number of aromatic carboxylic acids is 1. The number of hydrogen-bond donors (Lipinski definition) is 2. The molecule has 0 aliphatic heterocycles. The molecule has 2 rings (SSSR count). The van der Waals surface area contributed by atoms with Crippen molar-refractivity contribution in [3.63, 3.8) is 0 Å². The molecule has 1 heterocycles. The number of aromatic nitrogens is 1. The first kappa shape index (κ1) is 12.5. The molecule has 2 aromatic rings. The average molecular weight is 266 g/mol. The third kappa shape index (κ3) is 2.65. The number of nitrogens with one attached hydrogen (secondary N) is 1. The van der Waals surface area contributed by atoms with Gasteiger partial charge in [0.05, 0.1) is 12.2 Å². The lowest BCUT2D eigenvalue weighted by Gasteiger charge is -2.08. The normalized spacial score (nSPS) is 10.3. The molecule has 0 aliphatic carbocycles. The van der Waals surface area contributed by atoms with E-state index in [0.29, 0.717) is 23.5 Å². The van der Waals surface area contributed by atoms with Gasteiger partial charge in [-0.3, -0.25) is 0 Å². The summed E-state index contributed by atoms with van der Waals surface area (Å²) in [6.07, 6.45) is 0. The molecule has 0 spiro atoms. The van der Waals surface area contributed by atoms with Crippen LogP contribution in [-0.4, -0.2) is 16.1 Å². The Bertz CT molecular complexity index is 583. The Balaban J connectivity index is 2.07. The number of carboxylic acids is 1. The standard InChI is InChI=1S/C12H11FN2O2S/c1-7-9(13)3-2-4-10(7)14-5-8-6-18-11(15-8)12(16)17/h2-4,6,14H,5H2,1H3,(H,16,17). The van der Waals surface area contributed by atoms with Crippen LogP contribution in [0.15, 0.2) is 23.6 Å². The van der Waals surface area contributed by atoms with Gasteiger partial charge in [0, 0.05) is 16.6 Å². The molecule has 4 nitrogen and oxygen atoms in total. The molecule has 1 aromatic heterocycles. The quantitative estimate of drug-likeness (QED) is 0.893. The fourth-order valence-corrected chi connectivity index (χ4v) is 2.13. The fourth-order valence-electron chi connectivity index (χ4n) is 1.47. The van der Waals surface area contributed by atoms with E-state index in [1.807, 2.05) is 0 Å². The largest absolute Gasteiger partial charge is 0.476 e. The van der Waals surface area contributed by atoms with Crippen LogP contribution in [0.3, 0.4) is 0 Å². The Morgan fingerprint density at radius 1 is 1.56 bits per heavy atom. The van der Waals surface area contributed by atoms with Gasteiger partial charge in [0.15, 0.2) is 0 Å². The van der Waals surface area contributed by atoms with Crippen LogP contribution in [0, 0.1) is 12.7 Å². The molecule has 6 heteroatoms. The summed E-state index contributed by atoms with van der Waals surface area (Å²) in [4.78, 5) is 14.6. The topological polar surface area (TPSA) is 62.2 Å². The van der Waals surface area contributed by atoms with Crippen LogP contribution < -0.4 is 5.32 Å². The molecule has 0 saturated carbocycles. The lowest BCUT2D eigenvalue weighted by atomic mass is 10.2. The second kappa shape index (κ2) is 5.14. The fraction of sp³-hybridized carbons (Fsp3) is 0.167. The molecule has 2 N–H and O–H groups in total. The van der Waals surface area contributed by atoms with E-state index in [9.17, 15) is 9.18 Å². The SMILES string of the molecule is Cc1c(F)cccc1NCc1csc(C(=O)O)n1. The van der Waals surface area contributed by atoms with Crippen LogP contribution >= 0.6 is 11.3 Å². The summed E-state index contributed by atoms with van der Waals surface area (Å²) in [6, 6.07) is 4.78. The van der Waals surface area contributed by atoms with Crippen LogP contribution in [0.5, 0.6) is 0 Å². The molecule has 0 saturated heterocycles. The lowest BCUT2D eigenvalue weighted by molar-refractivity contribution is 0.0696. The number of carbonyl (C=O) groups is 1. The van der Waals surface area contributed by atoms with Gasteiger partial charge in [-0.15, -0.1) is 11.3 Å². The maximum Gasteiger partial charge on any atom is 0.365 e. The Hall–Kier alpha value is -1.95. The number of nitrogens with zero attached hydrogens (tertiary/aromatic N) is 1. The average Bonchev–Trinajstić information content (AvgIpc) is 2.80. The molecule has 94 valence electrons.